The lowest BCUT2D eigenvalue weighted by molar-refractivity contribution is 0.319. The van der Waals surface area contributed by atoms with Gasteiger partial charge in [0.05, 0.1) is 11.9 Å². The van der Waals surface area contributed by atoms with Gasteiger partial charge in [0.1, 0.15) is 16.9 Å². The molecule has 31 heavy (non-hydrogen) atoms. The molecule has 0 amide bonds. The van der Waals surface area contributed by atoms with Crippen molar-refractivity contribution in [2.24, 2.45) is 0 Å². The molecule has 0 aliphatic heterocycles. The van der Waals surface area contributed by atoms with Crippen molar-refractivity contribution in [3.8, 4) is 28.6 Å². The van der Waals surface area contributed by atoms with Crippen LogP contribution < -0.4 is 5.73 Å². The standard InChI is InChI=1S/C20H15ClFN9/c21-9-12-1-3-13(4-2-12)31-19-15(28-20(31)17-18(23)25-8-7-24-17)6-5-14(27-19)16-10-26-30(11-22)29-16/h1-8,10H,9,11H2,(H2,23,25). The van der Waals surface area contributed by atoms with E-state index in [1.807, 2.05) is 34.9 Å². The number of nitrogen functional groups attached to an aromatic ring is 1. The third kappa shape index (κ3) is 3.36. The Morgan fingerprint density at radius 1 is 0.968 bits per heavy atom. The number of imidazole rings is 1. The number of anilines is 1. The maximum atomic E-state index is 12.9. The van der Waals surface area contributed by atoms with E-state index < -0.39 is 6.80 Å². The smallest absolute Gasteiger partial charge is 0.200 e. The molecule has 0 fully saturated rings. The van der Waals surface area contributed by atoms with E-state index in [0.717, 1.165) is 16.0 Å². The molecule has 0 radical (unpaired) electrons. The average Bonchev–Trinajstić information content (AvgIpc) is 3.44. The first kappa shape index (κ1) is 19.1. The second-order valence-corrected chi connectivity index (χ2v) is 6.89. The highest BCUT2D eigenvalue weighted by molar-refractivity contribution is 6.17. The second-order valence-electron chi connectivity index (χ2n) is 6.62. The van der Waals surface area contributed by atoms with Crippen LogP contribution >= 0.6 is 11.6 Å². The van der Waals surface area contributed by atoms with Crippen LogP contribution in [0.4, 0.5) is 10.2 Å². The van der Waals surface area contributed by atoms with Gasteiger partial charge in [0, 0.05) is 24.0 Å². The van der Waals surface area contributed by atoms with Gasteiger partial charge in [-0.25, -0.2) is 24.3 Å². The Kier molecular flexibility index (Phi) is 4.75. The van der Waals surface area contributed by atoms with Crippen LogP contribution in [0.25, 0.3) is 39.8 Å². The molecule has 0 saturated carbocycles. The number of alkyl halides is 2. The van der Waals surface area contributed by atoms with Crippen LogP contribution in [0.2, 0.25) is 0 Å². The number of fused-ring (bicyclic) bond motifs is 1. The Hall–Kier alpha value is -3.92. The van der Waals surface area contributed by atoms with Crippen LogP contribution in [-0.2, 0) is 12.7 Å². The highest BCUT2D eigenvalue weighted by Crippen LogP contribution is 2.30. The van der Waals surface area contributed by atoms with Crippen molar-refractivity contribution < 1.29 is 4.39 Å². The Labute approximate surface area is 180 Å². The molecule has 4 heterocycles. The number of hydrogen-bond donors (Lipinski definition) is 1. The van der Waals surface area contributed by atoms with E-state index >= 15 is 0 Å². The molecule has 4 aromatic heterocycles. The highest BCUT2D eigenvalue weighted by atomic mass is 35.5. The SMILES string of the molecule is Nc1nccnc1-c1nc2ccc(-c3cnn(CF)n3)nc2n1-c1ccc(CCl)cc1. The summed E-state index contributed by atoms with van der Waals surface area (Å²) in [6.45, 7) is -0.816. The van der Waals surface area contributed by atoms with Crippen LogP contribution in [0.5, 0.6) is 0 Å². The number of nitrogens with two attached hydrogens (primary N) is 1. The van der Waals surface area contributed by atoms with E-state index in [2.05, 4.69) is 20.2 Å². The fraction of sp³-hybridized carbons (Fsp3) is 0.100. The summed E-state index contributed by atoms with van der Waals surface area (Å²) >= 11 is 5.94. The molecule has 5 rings (SSSR count). The number of halogens is 2. The van der Waals surface area contributed by atoms with Crippen molar-refractivity contribution in [1.29, 1.82) is 0 Å². The van der Waals surface area contributed by atoms with Crippen molar-refractivity contribution in [3.63, 3.8) is 0 Å². The molecule has 0 aliphatic carbocycles. The van der Waals surface area contributed by atoms with Crippen molar-refractivity contribution in [1.82, 2.24) is 39.5 Å². The van der Waals surface area contributed by atoms with Crippen LogP contribution in [0.3, 0.4) is 0 Å². The van der Waals surface area contributed by atoms with E-state index in [1.54, 1.807) is 12.3 Å². The normalized spacial score (nSPS) is 11.3. The fourth-order valence-electron chi connectivity index (χ4n) is 3.23. The summed E-state index contributed by atoms with van der Waals surface area (Å²) < 4.78 is 14.7. The van der Waals surface area contributed by atoms with Gasteiger partial charge in [0.25, 0.3) is 0 Å². The predicted molar refractivity (Wildman–Crippen MR) is 114 cm³/mol. The molecule has 0 spiro atoms. The first-order valence-electron chi connectivity index (χ1n) is 9.26. The maximum absolute atomic E-state index is 12.9. The van der Waals surface area contributed by atoms with Gasteiger partial charge in [-0.2, -0.15) is 9.90 Å². The second kappa shape index (κ2) is 7.73. The lowest BCUT2D eigenvalue weighted by Crippen LogP contribution is -2.04. The molecule has 154 valence electrons. The van der Waals surface area contributed by atoms with Crippen molar-refractivity contribution in [2.75, 3.05) is 5.73 Å². The molecule has 0 unspecified atom stereocenters. The minimum Gasteiger partial charge on any atom is -0.382 e. The molecular weight excluding hydrogens is 421 g/mol. The summed E-state index contributed by atoms with van der Waals surface area (Å²) in [7, 11) is 0. The van der Waals surface area contributed by atoms with Gasteiger partial charge >= 0.3 is 0 Å². The van der Waals surface area contributed by atoms with Crippen molar-refractivity contribution in [3.05, 3.63) is 60.6 Å². The van der Waals surface area contributed by atoms with Gasteiger partial charge in [-0.15, -0.1) is 16.7 Å². The molecule has 0 bridgehead atoms. The number of benzene rings is 1. The zero-order valence-corrected chi connectivity index (χ0v) is 16.8. The molecule has 1 aromatic carbocycles. The molecule has 0 aliphatic rings. The monoisotopic (exact) mass is 435 g/mol. The third-order valence-corrected chi connectivity index (χ3v) is 5.01. The quantitative estimate of drug-likeness (QED) is 0.421. The number of aromatic nitrogens is 8. The van der Waals surface area contributed by atoms with Gasteiger partial charge in [0.15, 0.2) is 17.3 Å². The summed E-state index contributed by atoms with van der Waals surface area (Å²) in [5.74, 6) is 1.15. The lowest BCUT2D eigenvalue weighted by atomic mass is 10.2. The first-order chi connectivity index (χ1) is 15.2. The molecule has 9 nitrogen and oxygen atoms in total. The van der Waals surface area contributed by atoms with E-state index in [-0.39, 0.29) is 5.82 Å². The van der Waals surface area contributed by atoms with E-state index in [9.17, 15) is 4.39 Å². The van der Waals surface area contributed by atoms with Crippen LogP contribution in [0, 0.1) is 0 Å². The Morgan fingerprint density at radius 3 is 2.48 bits per heavy atom. The van der Waals surface area contributed by atoms with Crippen molar-refractivity contribution in [2.45, 2.75) is 12.7 Å². The summed E-state index contributed by atoms with van der Waals surface area (Å²) in [5.41, 5.74) is 10.5. The van der Waals surface area contributed by atoms with Crippen molar-refractivity contribution >= 4 is 28.6 Å². The molecule has 11 heteroatoms. The Bertz CT molecular complexity index is 1380. The van der Waals surface area contributed by atoms with Crippen LogP contribution in [0.15, 0.2) is 55.0 Å². The Balaban J connectivity index is 1.76. The third-order valence-electron chi connectivity index (χ3n) is 4.70. The van der Waals surface area contributed by atoms with E-state index in [4.69, 9.17) is 27.3 Å². The average molecular weight is 436 g/mol. The van der Waals surface area contributed by atoms with Crippen LogP contribution in [-0.4, -0.2) is 39.5 Å². The van der Waals surface area contributed by atoms with Crippen LogP contribution in [0.1, 0.15) is 5.56 Å². The molecule has 0 atom stereocenters. The molecule has 0 saturated heterocycles. The first-order valence-corrected chi connectivity index (χ1v) is 9.79. The fourth-order valence-corrected chi connectivity index (χ4v) is 3.41. The number of pyridine rings is 1. The minimum absolute atomic E-state index is 0.252. The largest absolute Gasteiger partial charge is 0.382 e. The molecular formula is C20H15ClFN9. The summed E-state index contributed by atoms with van der Waals surface area (Å²) in [6.07, 6.45) is 4.54. The van der Waals surface area contributed by atoms with Gasteiger partial charge in [-0.05, 0) is 29.8 Å². The minimum atomic E-state index is -0.816. The zero-order valence-electron chi connectivity index (χ0n) is 16.0. The van der Waals surface area contributed by atoms with Gasteiger partial charge in [-0.3, -0.25) is 4.57 Å². The number of nitrogens with zero attached hydrogens (tertiary/aromatic N) is 8. The highest BCUT2D eigenvalue weighted by Gasteiger charge is 2.20. The van der Waals surface area contributed by atoms with E-state index in [0.29, 0.717) is 40.0 Å². The summed E-state index contributed by atoms with van der Waals surface area (Å²) in [5, 5.41) is 7.97. The number of rotatable bonds is 5. The van der Waals surface area contributed by atoms with Gasteiger partial charge in [0.2, 0.25) is 6.80 Å². The zero-order chi connectivity index (χ0) is 21.4. The topological polar surface area (TPSA) is 113 Å². The molecule has 5 aromatic rings. The predicted octanol–water partition coefficient (Wildman–Crippen LogP) is 3.38. The summed E-state index contributed by atoms with van der Waals surface area (Å²) in [6, 6.07) is 11.3. The number of hydrogen-bond acceptors (Lipinski definition) is 7. The van der Waals surface area contributed by atoms with Gasteiger partial charge in [-0.1, -0.05) is 12.1 Å². The molecule has 2 N–H and O–H groups in total. The Morgan fingerprint density at radius 2 is 1.77 bits per heavy atom. The lowest BCUT2D eigenvalue weighted by Gasteiger charge is -2.10. The maximum Gasteiger partial charge on any atom is 0.200 e. The summed E-state index contributed by atoms with van der Waals surface area (Å²) in [4.78, 5) is 18.9. The van der Waals surface area contributed by atoms with E-state index in [1.165, 1.54) is 12.4 Å². The van der Waals surface area contributed by atoms with Gasteiger partial charge < -0.3 is 5.73 Å².